The van der Waals surface area contributed by atoms with Crippen molar-refractivity contribution in [1.29, 1.82) is 0 Å². The SMILES string of the molecule is C[C@H]1CC[C@@]2(CC(C#CC(C)(C)S(C)(=O)=O)N(Cc3c(F)cc(F)cc3F)O2)[C@H]2CN1C(=O)c1c(O)c(=O)c(C(N)=O)cn12. The fourth-order valence-corrected chi connectivity index (χ4v) is 6.17. The zero-order chi connectivity index (χ0) is 32.5. The number of amides is 2. The van der Waals surface area contributed by atoms with Gasteiger partial charge in [-0.2, -0.15) is 5.06 Å². The number of halogens is 3. The summed E-state index contributed by atoms with van der Waals surface area (Å²) in [5, 5.41) is 12.0. The molecule has 1 spiro atoms. The smallest absolute Gasteiger partial charge is 0.274 e. The van der Waals surface area contributed by atoms with Crippen molar-refractivity contribution in [2.75, 3.05) is 12.8 Å². The summed E-state index contributed by atoms with van der Waals surface area (Å²) in [6.07, 6.45) is 2.76. The summed E-state index contributed by atoms with van der Waals surface area (Å²) in [6.45, 7) is 4.05. The number of aromatic nitrogens is 1. The first kappa shape index (κ1) is 31.6. The third kappa shape index (κ3) is 5.14. The number of hydrogen-bond donors (Lipinski definition) is 2. The molecule has 3 N–H and O–H groups in total. The van der Waals surface area contributed by atoms with Crippen LogP contribution in [0.15, 0.2) is 23.1 Å². The Morgan fingerprint density at radius 2 is 1.86 bits per heavy atom. The van der Waals surface area contributed by atoms with Gasteiger partial charge in [-0.05, 0) is 33.6 Å². The number of benzene rings is 1. The number of nitrogens with two attached hydrogens (primary N) is 1. The van der Waals surface area contributed by atoms with Gasteiger partial charge in [0.1, 0.15) is 33.4 Å². The standard InChI is InChI=1S/C29H31F3N4O7S/c1-15-5-8-29(22-14-34(15)27(40)23-25(38)24(37)19(26(33)39)12-35(22)23)11-17(6-7-28(2,3)44(4,41)42)36(43-29)13-18-20(31)9-16(30)10-21(18)32/h9-10,12,15,17,22,38H,5,8,11,13-14H2,1-4H3,(H2,33,39)/t15-,17?,22+,29+/m0/s1. The van der Waals surface area contributed by atoms with E-state index in [-0.39, 0.29) is 31.1 Å². The van der Waals surface area contributed by atoms with Gasteiger partial charge in [-0.25, -0.2) is 21.6 Å². The second-order valence-electron chi connectivity index (χ2n) is 12.1. The number of carbonyl (C=O) groups is 2. The van der Waals surface area contributed by atoms with E-state index in [0.717, 1.165) is 12.5 Å². The van der Waals surface area contributed by atoms with Crippen LogP contribution >= 0.6 is 0 Å². The van der Waals surface area contributed by atoms with Gasteiger partial charge in [-0.3, -0.25) is 19.2 Å². The number of rotatable bonds is 4. The molecular weight excluding hydrogens is 605 g/mol. The highest BCUT2D eigenvalue weighted by molar-refractivity contribution is 7.92. The second-order valence-corrected chi connectivity index (χ2v) is 14.6. The van der Waals surface area contributed by atoms with Gasteiger partial charge in [0, 0.05) is 49.2 Å². The number of pyridine rings is 1. The summed E-state index contributed by atoms with van der Waals surface area (Å²) in [5.41, 5.74) is 1.55. The number of hydrogen-bond acceptors (Lipinski definition) is 8. The Morgan fingerprint density at radius 3 is 2.45 bits per heavy atom. The number of aromatic hydroxyl groups is 1. The maximum absolute atomic E-state index is 14.8. The van der Waals surface area contributed by atoms with Crippen LogP contribution in [0.1, 0.15) is 72.5 Å². The van der Waals surface area contributed by atoms with Crippen molar-refractivity contribution in [1.82, 2.24) is 14.5 Å². The van der Waals surface area contributed by atoms with Crippen LogP contribution in [-0.4, -0.2) is 75.1 Å². The Labute approximate surface area is 251 Å². The molecule has 1 aromatic heterocycles. The molecule has 44 heavy (non-hydrogen) atoms. The number of sulfone groups is 1. The molecule has 1 unspecified atom stereocenters. The molecular formula is C29H31F3N4O7S. The molecule has 0 saturated carbocycles. The molecule has 3 aliphatic heterocycles. The molecule has 0 aliphatic carbocycles. The minimum atomic E-state index is -3.66. The lowest BCUT2D eigenvalue weighted by molar-refractivity contribution is -0.223. The number of carbonyl (C=O) groups excluding carboxylic acids is 2. The Hall–Kier alpha value is -3.87. The first-order chi connectivity index (χ1) is 20.4. The van der Waals surface area contributed by atoms with E-state index in [2.05, 4.69) is 11.8 Å². The minimum absolute atomic E-state index is 0.00953. The molecule has 1 aromatic carbocycles. The molecule has 3 aliphatic rings. The molecule has 5 rings (SSSR count). The first-order valence-corrected chi connectivity index (χ1v) is 15.7. The molecule has 4 atom stereocenters. The molecule has 236 valence electrons. The molecule has 2 amide bonds. The topological polar surface area (TPSA) is 152 Å². The van der Waals surface area contributed by atoms with Crippen molar-refractivity contribution in [3.05, 3.63) is 62.8 Å². The highest BCUT2D eigenvalue weighted by Crippen LogP contribution is 2.49. The van der Waals surface area contributed by atoms with Crippen molar-refractivity contribution in [2.24, 2.45) is 5.73 Å². The van der Waals surface area contributed by atoms with Gasteiger partial charge < -0.3 is 20.3 Å². The van der Waals surface area contributed by atoms with E-state index in [1.165, 1.54) is 28.4 Å². The molecule has 2 aromatic rings. The highest BCUT2D eigenvalue weighted by Gasteiger charge is 2.56. The number of fused-ring (bicyclic) bond motifs is 5. The van der Waals surface area contributed by atoms with Gasteiger partial charge in [0.15, 0.2) is 21.3 Å². The van der Waals surface area contributed by atoms with Crippen molar-refractivity contribution in [3.8, 4) is 17.6 Å². The van der Waals surface area contributed by atoms with Crippen LogP contribution in [0.5, 0.6) is 5.75 Å². The monoisotopic (exact) mass is 636 g/mol. The second kappa shape index (κ2) is 10.6. The van der Waals surface area contributed by atoms with E-state index >= 15 is 0 Å². The molecule has 2 fully saturated rings. The number of hydroxylamine groups is 2. The summed E-state index contributed by atoms with van der Waals surface area (Å²) in [5.74, 6) is -0.544. The van der Waals surface area contributed by atoms with Crippen LogP contribution < -0.4 is 11.2 Å². The normalized spacial score (nSPS) is 25.4. The van der Waals surface area contributed by atoms with Gasteiger partial charge in [0.05, 0.1) is 18.6 Å². The van der Waals surface area contributed by atoms with Gasteiger partial charge in [-0.15, -0.1) is 0 Å². The van der Waals surface area contributed by atoms with Gasteiger partial charge in [0.2, 0.25) is 5.43 Å². The predicted molar refractivity (Wildman–Crippen MR) is 150 cm³/mol. The summed E-state index contributed by atoms with van der Waals surface area (Å²) in [4.78, 5) is 46.3. The third-order valence-electron chi connectivity index (χ3n) is 8.84. The van der Waals surface area contributed by atoms with Crippen LogP contribution in [-0.2, 0) is 21.2 Å². The quantitative estimate of drug-likeness (QED) is 0.484. The molecule has 4 heterocycles. The zero-order valence-electron chi connectivity index (χ0n) is 24.4. The fraction of sp³-hybridized carbons (Fsp3) is 0.483. The lowest BCUT2D eigenvalue weighted by atomic mass is 9.83. The number of primary amides is 1. The van der Waals surface area contributed by atoms with Crippen LogP contribution in [0.3, 0.4) is 0 Å². The van der Waals surface area contributed by atoms with E-state index < -0.39 is 90.4 Å². The van der Waals surface area contributed by atoms with Crippen LogP contribution in [0, 0.1) is 29.3 Å². The average molecular weight is 637 g/mol. The van der Waals surface area contributed by atoms with Crippen molar-refractivity contribution >= 4 is 21.7 Å². The zero-order valence-corrected chi connectivity index (χ0v) is 25.2. The molecule has 11 nitrogen and oxygen atoms in total. The van der Waals surface area contributed by atoms with E-state index in [0.29, 0.717) is 18.6 Å². The third-order valence-corrected chi connectivity index (χ3v) is 10.8. The summed E-state index contributed by atoms with van der Waals surface area (Å²) in [7, 11) is -3.66. The van der Waals surface area contributed by atoms with Gasteiger partial charge in [0.25, 0.3) is 11.8 Å². The van der Waals surface area contributed by atoms with E-state index in [9.17, 15) is 41.1 Å². The molecule has 2 bridgehead atoms. The highest BCUT2D eigenvalue weighted by atomic mass is 32.2. The Bertz CT molecular complexity index is 1790. The summed E-state index contributed by atoms with van der Waals surface area (Å²) < 4.78 is 67.8. The van der Waals surface area contributed by atoms with E-state index in [1.54, 1.807) is 6.92 Å². The lowest BCUT2D eigenvalue weighted by Crippen LogP contribution is -2.52. The molecule has 2 saturated heterocycles. The first-order valence-electron chi connectivity index (χ1n) is 13.8. The maximum atomic E-state index is 14.8. The van der Waals surface area contributed by atoms with Crippen LogP contribution in [0.2, 0.25) is 0 Å². The Kier molecular flexibility index (Phi) is 7.63. The maximum Gasteiger partial charge on any atom is 0.274 e. The van der Waals surface area contributed by atoms with Gasteiger partial charge >= 0.3 is 0 Å². The fourth-order valence-electron chi connectivity index (χ4n) is 5.92. The van der Waals surface area contributed by atoms with Crippen LogP contribution in [0.25, 0.3) is 0 Å². The molecule has 15 heteroatoms. The van der Waals surface area contributed by atoms with E-state index in [4.69, 9.17) is 10.6 Å². The lowest BCUT2D eigenvalue weighted by Gasteiger charge is -2.42. The van der Waals surface area contributed by atoms with E-state index in [1.807, 2.05) is 0 Å². The predicted octanol–water partition coefficient (Wildman–Crippen LogP) is 2.02. The minimum Gasteiger partial charge on any atom is -0.503 e. The largest absolute Gasteiger partial charge is 0.503 e. The summed E-state index contributed by atoms with van der Waals surface area (Å²) >= 11 is 0. The molecule has 0 radical (unpaired) electrons. The number of nitrogens with zero attached hydrogens (tertiary/aromatic N) is 3. The van der Waals surface area contributed by atoms with Crippen molar-refractivity contribution in [3.63, 3.8) is 0 Å². The Balaban J connectivity index is 1.68. The van der Waals surface area contributed by atoms with Crippen molar-refractivity contribution in [2.45, 2.75) is 75.1 Å². The van der Waals surface area contributed by atoms with Crippen LogP contribution in [0.4, 0.5) is 13.2 Å². The Morgan fingerprint density at radius 1 is 1.23 bits per heavy atom. The van der Waals surface area contributed by atoms with Crippen molar-refractivity contribution < 1.29 is 41.1 Å². The summed E-state index contributed by atoms with van der Waals surface area (Å²) in [6, 6.07) is -1.15. The van der Waals surface area contributed by atoms with Gasteiger partial charge in [-0.1, -0.05) is 11.8 Å². The average Bonchev–Trinajstić information content (AvgIpc) is 3.21.